The Balaban J connectivity index is 1.63. The third-order valence-corrected chi connectivity index (χ3v) is 5.47. The summed E-state index contributed by atoms with van der Waals surface area (Å²) in [6.07, 6.45) is 4.76. The number of amides is 1. The number of hydrogen-bond acceptors (Lipinski definition) is 3. The van der Waals surface area contributed by atoms with Crippen LogP contribution in [0, 0.1) is 12.8 Å². The summed E-state index contributed by atoms with van der Waals surface area (Å²) in [7, 11) is 1.85. The van der Waals surface area contributed by atoms with Crippen molar-refractivity contribution in [2.45, 2.75) is 31.9 Å². The van der Waals surface area contributed by atoms with Crippen LogP contribution in [-0.4, -0.2) is 31.9 Å². The fraction of sp³-hybridized carbons (Fsp3) is 0.368. The average Bonchev–Trinajstić information content (AvgIpc) is 3.14. The minimum atomic E-state index is -0.284. The molecule has 1 aliphatic rings. The van der Waals surface area contributed by atoms with Crippen LogP contribution in [0.5, 0.6) is 0 Å². The normalized spacial score (nSPS) is 20.8. The van der Waals surface area contributed by atoms with E-state index in [4.69, 9.17) is 11.6 Å². The molecule has 1 unspecified atom stereocenters. The molecule has 0 saturated heterocycles. The maximum absolute atomic E-state index is 13.0. The highest BCUT2D eigenvalue weighted by Gasteiger charge is 2.36. The maximum atomic E-state index is 13.0. The number of carbonyl (C=O) groups excluding carboxylic acids is 1. The van der Waals surface area contributed by atoms with E-state index in [0.717, 1.165) is 22.0 Å². The smallest absolute Gasteiger partial charge is 0.268 e. The average molecular weight is 373 g/mol. The number of H-pyrrole nitrogens is 1. The summed E-state index contributed by atoms with van der Waals surface area (Å²) >= 11 is 6.08. The molecule has 6 nitrogen and oxygen atoms in total. The van der Waals surface area contributed by atoms with Crippen molar-refractivity contribution in [1.82, 2.24) is 20.1 Å². The number of hydrogen-bond donors (Lipinski definition) is 3. The molecule has 4 rings (SSSR count). The second kappa shape index (κ2) is 6.45. The quantitative estimate of drug-likeness (QED) is 0.658. The molecule has 26 heavy (non-hydrogen) atoms. The number of aryl methyl sites for hydroxylation is 2. The molecule has 1 atom stereocenters. The number of halogens is 1. The second-order valence-corrected chi connectivity index (χ2v) is 7.54. The van der Waals surface area contributed by atoms with E-state index in [1.807, 2.05) is 32.3 Å². The van der Waals surface area contributed by atoms with E-state index in [2.05, 4.69) is 15.4 Å². The molecule has 3 N–H and O–H groups in total. The van der Waals surface area contributed by atoms with Crippen molar-refractivity contribution >= 4 is 28.4 Å². The first kappa shape index (κ1) is 17.1. The van der Waals surface area contributed by atoms with Gasteiger partial charge in [-0.15, -0.1) is 0 Å². The first-order chi connectivity index (χ1) is 12.4. The van der Waals surface area contributed by atoms with Gasteiger partial charge in [-0.25, -0.2) is 0 Å². The predicted molar refractivity (Wildman–Crippen MR) is 100 cm³/mol. The van der Waals surface area contributed by atoms with Gasteiger partial charge in [0.25, 0.3) is 5.91 Å². The van der Waals surface area contributed by atoms with Gasteiger partial charge in [0.1, 0.15) is 5.69 Å². The summed E-state index contributed by atoms with van der Waals surface area (Å²) in [6.45, 7) is 1.91. The van der Waals surface area contributed by atoms with Crippen LogP contribution in [0.25, 0.3) is 10.9 Å². The SMILES string of the molecule is Cc1c(C(=O)NC(c2cnn(C)c2)C2CC(O)C2)[nH]c2ccc(Cl)cc12. The lowest BCUT2D eigenvalue weighted by Crippen LogP contribution is -2.41. The molecular weight excluding hydrogens is 352 g/mol. The van der Waals surface area contributed by atoms with E-state index in [0.29, 0.717) is 23.6 Å². The zero-order valence-electron chi connectivity index (χ0n) is 14.7. The van der Waals surface area contributed by atoms with E-state index < -0.39 is 0 Å². The first-order valence-electron chi connectivity index (χ1n) is 8.67. The van der Waals surface area contributed by atoms with Crippen molar-refractivity contribution in [3.05, 3.63) is 52.4 Å². The number of carbonyl (C=O) groups is 1. The summed E-state index contributed by atoms with van der Waals surface area (Å²) in [4.78, 5) is 16.2. The zero-order valence-corrected chi connectivity index (χ0v) is 15.4. The van der Waals surface area contributed by atoms with Crippen LogP contribution in [0.3, 0.4) is 0 Å². The molecule has 2 aromatic heterocycles. The van der Waals surface area contributed by atoms with Crippen LogP contribution < -0.4 is 5.32 Å². The summed E-state index contributed by atoms with van der Waals surface area (Å²) in [5.74, 6) is 0.0438. The van der Waals surface area contributed by atoms with Gasteiger partial charge in [0.05, 0.1) is 18.3 Å². The van der Waals surface area contributed by atoms with Gasteiger partial charge >= 0.3 is 0 Å². The van der Waals surface area contributed by atoms with Crippen LogP contribution in [0.1, 0.15) is 40.5 Å². The third-order valence-electron chi connectivity index (χ3n) is 5.24. The molecule has 0 radical (unpaired) electrons. The number of nitrogens with one attached hydrogen (secondary N) is 2. The molecule has 0 spiro atoms. The van der Waals surface area contributed by atoms with Gasteiger partial charge in [-0.05, 0) is 49.4 Å². The lowest BCUT2D eigenvalue weighted by molar-refractivity contribution is 0.0234. The van der Waals surface area contributed by atoms with Crippen LogP contribution in [0.4, 0.5) is 0 Å². The van der Waals surface area contributed by atoms with Crippen LogP contribution >= 0.6 is 11.6 Å². The van der Waals surface area contributed by atoms with Gasteiger partial charge in [0.15, 0.2) is 0 Å². The van der Waals surface area contributed by atoms with E-state index in [9.17, 15) is 9.90 Å². The topological polar surface area (TPSA) is 82.9 Å². The van der Waals surface area contributed by atoms with Crippen molar-refractivity contribution in [2.75, 3.05) is 0 Å². The fourth-order valence-corrected chi connectivity index (χ4v) is 3.89. The van der Waals surface area contributed by atoms with Gasteiger partial charge in [0, 0.05) is 34.7 Å². The molecule has 7 heteroatoms. The predicted octanol–water partition coefficient (Wildman–Crippen LogP) is 3.11. The lowest BCUT2D eigenvalue weighted by atomic mass is 9.75. The Morgan fingerprint density at radius 2 is 2.23 bits per heavy atom. The van der Waals surface area contributed by atoms with Crippen molar-refractivity contribution in [3.63, 3.8) is 0 Å². The zero-order chi connectivity index (χ0) is 18.4. The standard InChI is InChI=1S/C19H21ClN4O2/c1-10-15-7-13(20)3-4-16(15)22-17(10)19(26)23-18(11-5-14(25)6-11)12-8-21-24(2)9-12/h3-4,7-9,11,14,18,22,25H,5-6H2,1-2H3,(H,23,26). The Hall–Kier alpha value is -2.31. The second-order valence-electron chi connectivity index (χ2n) is 7.10. The third kappa shape index (κ3) is 2.99. The van der Waals surface area contributed by atoms with Gasteiger partial charge in [-0.3, -0.25) is 9.48 Å². The largest absolute Gasteiger partial charge is 0.393 e. The molecule has 1 saturated carbocycles. The highest BCUT2D eigenvalue weighted by atomic mass is 35.5. The van der Waals surface area contributed by atoms with Crippen molar-refractivity contribution in [3.8, 4) is 0 Å². The fourth-order valence-electron chi connectivity index (χ4n) is 3.72. The van der Waals surface area contributed by atoms with Crippen molar-refractivity contribution in [2.24, 2.45) is 13.0 Å². The Labute approximate surface area is 156 Å². The van der Waals surface area contributed by atoms with E-state index in [1.54, 1.807) is 16.9 Å². The Morgan fingerprint density at radius 1 is 1.46 bits per heavy atom. The number of nitrogens with zero attached hydrogens (tertiary/aromatic N) is 2. The van der Waals surface area contributed by atoms with Crippen LogP contribution in [-0.2, 0) is 7.05 Å². The highest BCUT2D eigenvalue weighted by molar-refractivity contribution is 6.31. The summed E-state index contributed by atoms with van der Waals surface area (Å²) in [5.41, 5.74) is 3.25. The minimum absolute atomic E-state index is 0.162. The molecule has 1 aromatic carbocycles. The molecule has 0 aliphatic heterocycles. The van der Waals surface area contributed by atoms with Gasteiger partial charge in [0.2, 0.25) is 0 Å². The molecule has 1 amide bonds. The Kier molecular flexibility index (Phi) is 4.25. The summed E-state index contributed by atoms with van der Waals surface area (Å²) < 4.78 is 1.72. The minimum Gasteiger partial charge on any atom is -0.393 e. The van der Waals surface area contributed by atoms with Crippen molar-refractivity contribution < 1.29 is 9.90 Å². The van der Waals surface area contributed by atoms with Gasteiger partial charge < -0.3 is 15.4 Å². The van der Waals surface area contributed by atoms with E-state index in [1.165, 1.54) is 0 Å². The van der Waals surface area contributed by atoms with Gasteiger partial charge in [-0.2, -0.15) is 5.10 Å². The lowest BCUT2D eigenvalue weighted by Gasteiger charge is -2.37. The van der Waals surface area contributed by atoms with E-state index in [-0.39, 0.29) is 24.0 Å². The summed E-state index contributed by atoms with van der Waals surface area (Å²) in [5, 5.41) is 18.6. The molecule has 136 valence electrons. The van der Waals surface area contributed by atoms with E-state index >= 15 is 0 Å². The number of fused-ring (bicyclic) bond motifs is 1. The number of aromatic amines is 1. The summed E-state index contributed by atoms with van der Waals surface area (Å²) in [6, 6.07) is 5.37. The monoisotopic (exact) mass is 372 g/mol. The number of benzene rings is 1. The highest BCUT2D eigenvalue weighted by Crippen LogP contribution is 2.38. The van der Waals surface area contributed by atoms with Crippen molar-refractivity contribution in [1.29, 1.82) is 0 Å². The molecule has 0 bridgehead atoms. The number of rotatable bonds is 4. The Bertz CT molecular complexity index is 971. The van der Waals surface area contributed by atoms with Gasteiger partial charge in [-0.1, -0.05) is 11.6 Å². The first-order valence-corrected chi connectivity index (χ1v) is 9.05. The Morgan fingerprint density at radius 3 is 2.88 bits per heavy atom. The molecule has 2 heterocycles. The van der Waals surface area contributed by atoms with Crippen LogP contribution in [0.15, 0.2) is 30.6 Å². The molecule has 1 fully saturated rings. The molecule has 3 aromatic rings. The number of aliphatic hydroxyl groups excluding tert-OH is 1. The maximum Gasteiger partial charge on any atom is 0.268 e. The number of aliphatic hydroxyl groups is 1. The van der Waals surface area contributed by atoms with Crippen LogP contribution in [0.2, 0.25) is 5.02 Å². The number of aromatic nitrogens is 3. The molecular formula is C19H21ClN4O2. The molecule has 1 aliphatic carbocycles.